The molecule has 2 fully saturated rings. The zero-order valence-corrected chi connectivity index (χ0v) is 10.6. The maximum Gasteiger partial charge on any atom is 0.317 e. The van der Waals surface area contributed by atoms with E-state index in [-0.39, 0.29) is 25.3 Å². The standard InChI is InChI=1S/C12H20N2O4/c1-2-8-4-3-5-14(8)12(17)13-10-7-18-6-9(10)11(15)16/h8-10H,2-7H2,1H3,(H,13,17)(H,15,16). The molecule has 102 valence electrons. The fourth-order valence-electron chi connectivity index (χ4n) is 2.71. The lowest BCUT2D eigenvalue weighted by molar-refractivity contribution is -0.142. The summed E-state index contributed by atoms with van der Waals surface area (Å²) in [4.78, 5) is 24.9. The lowest BCUT2D eigenvalue weighted by atomic mass is 10.0. The molecule has 0 aromatic carbocycles. The Labute approximate surface area is 106 Å². The highest BCUT2D eigenvalue weighted by Gasteiger charge is 2.37. The van der Waals surface area contributed by atoms with Crippen molar-refractivity contribution in [2.75, 3.05) is 19.8 Å². The van der Waals surface area contributed by atoms with Gasteiger partial charge in [0, 0.05) is 12.6 Å². The molecule has 2 rings (SSSR count). The average Bonchev–Trinajstić information content (AvgIpc) is 2.96. The molecule has 2 saturated heterocycles. The molecule has 0 bridgehead atoms. The van der Waals surface area contributed by atoms with E-state index >= 15 is 0 Å². The molecule has 0 saturated carbocycles. The van der Waals surface area contributed by atoms with Gasteiger partial charge in [-0.05, 0) is 19.3 Å². The zero-order chi connectivity index (χ0) is 13.1. The predicted octanol–water partition coefficient (Wildman–Crippen LogP) is 0.670. The van der Waals surface area contributed by atoms with Gasteiger partial charge in [-0.1, -0.05) is 6.92 Å². The third kappa shape index (κ3) is 2.58. The van der Waals surface area contributed by atoms with E-state index in [1.54, 1.807) is 0 Å². The first kappa shape index (κ1) is 13.1. The van der Waals surface area contributed by atoms with Gasteiger partial charge in [0.1, 0.15) is 5.92 Å². The third-order valence-corrected chi connectivity index (χ3v) is 3.82. The van der Waals surface area contributed by atoms with Gasteiger partial charge in [0.15, 0.2) is 0 Å². The van der Waals surface area contributed by atoms with Crippen LogP contribution < -0.4 is 5.32 Å². The topological polar surface area (TPSA) is 78.9 Å². The summed E-state index contributed by atoms with van der Waals surface area (Å²) >= 11 is 0. The molecule has 0 aromatic rings. The number of likely N-dealkylation sites (tertiary alicyclic amines) is 1. The van der Waals surface area contributed by atoms with Gasteiger partial charge in [-0.25, -0.2) is 4.79 Å². The molecule has 3 unspecified atom stereocenters. The molecular weight excluding hydrogens is 236 g/mol. The largest absolute Gasteiger partial charge is 0.481 e. The molecule has 2 aliphatic rings. The number of hydrogen-bond donors (Lipinski definition) is 2. The maximum absolute atomic E-state index is 12.1. The van der Waals surface area contributed by atoms with Gasteiger partial charge in [-0.2, -0.15) is 0 Å². The summed E-state index contributed by atoms with van der Waals surface area (Å²) in [6, 6.07) is -0.273. The first-order valence-electron chi connectivity index (χ1n) is 6.51. The second-order valence-corrected chi connectivity index (χ2v) is 4.94. The van der Waals surface area contributed by atoms with Crippen molar-refractivity contribution in [1.29, 1.82) is 0 Å². The van der Waals surface area contributed by atoms with Crippen LogP contribution in [-0.4, -0.2) is 53.8 Å². The van der Waals surface area contributed by atoms with Crippen LogP contribution in [0.3, 0.4) is 0 Å². The molecule has 6 nitrogen and oxygen atoms in total. The van der Waals surface area contributed by atoms with Crippen LogP contribution in [0, 0.1) is 5.92 Å². The molecule has 0 aliphatic carbocycles. The van der Waals surface area contributed by atoms with Crippen molar-refractivity contribution in [2.45, 2.75) is 38.3 Å². The normalized spacial score (nSPS) is 31.6. The van der Waals surface area contributed by atoms with Gasteiger partial charge in [-0.15, -0.1) is 0 Å². The van der Waals surface area contributed by atoms with E-state index in [0.717, 1.165) is 25.8 Å². The molecule has 2 amide bonds. The Morgan fingerprint density at radius 3 is 2.89 bits per heavy atom. The van der Waals surface area contributed by atoms with E-state index in [1.165, 1.54) is 0 Å². The number of aliphatic carboxylic acids is 1. The van der Waals surface area contributed by atoms with E-state index in [2.05, 4.69) is 12.2 Å². The quantitative estimate of drug-likeness (QED) is 0.778. The second kappa shape index (κ2) is 5.56. The number of nitrogens with one attached hydrogen (secondary N) is 1. The fraction of sp³-hybridized carbons (Fsp3) is 0.833. The minimum absolute atomic E-state index is 0.152. The van der Waals surface area contributed by atoms with E-state index in [1.807, 2.05) is 4.90 Å². The van der Waals surface area contributed by atoms with Crippen molar-refractivity contribution in [1.82, 2.24) is 10.2 Å². The van der Waals surface area contributed by atoms with Crippen molar-refractivity contribution in [2.24, 2.45) is 5.92 Å². The highest BCUT2D eigenvalue weighted by Crippen LogP contribution is 2.21. The van der Waals surface area contributed by atoms with Crippen LogP contribution in [0.2, 0.25) is 0 Å². The molecular formula is C12H20N2O4. The number of carboxylic acid groups (broad SMARTS) is 1. The lowest BCUT2D eigenvalue weighted by Crippen LogP contribution is -2.50. The van der Waals surface area contributed by atoms with Gasteiger partial charge >= 0.3 is 12.0 Å². The van der Waals surface area contributed by atoms with Gasteiger partial charge < -0.3 is 20.1 Å². The number of urea groups is 1. The number of nitrogens with zero attached hydrogens (tertiary/aromatic N) is 1. The monoisotopic (exact) mass is 256 g/mol. The Balaban J connectivity index is 1.92. The Hall–Kier alpha value is -1.30. The van der Waals surface area contributed by atoms with Crippen LogP contribution in [0.5, 0.6) is 0 Å². The molecule has 2 aliphatic heterocycles. The third-order valence-electron chi connectivity index (χ3n) is 3.82. The van der Waals surface area contributed by atoms with E-state index in [0.29, 0.717) is 0 Å². The minimum atomic E-state index is -0.911. The number of hydrogen-bond acceptors (Lipinski definition) is 3. The van der Waals surface area contributed by atoms with Crippen LogP contribution in [0.15, 0.2) is 0 Å². The molecule has 3 atom stereocenters. The smallest absolute Gasteiger partial charge is 0.317 e. The highest BCUT2D eigenvalue weighted by atomic mass is 16.5. The summed E-state index contributed by atoms with van der Waals surface area (Å²) in [5, 5.41) is 11.8. The molecule has 18 heavy (non-hydrogen) atoms. The van der Waals surface area contributed by atoms with Gasteiger partial charge in [0.25, 0.3) is 0 Å². The van der Waals surface area contributed by atoms with Crippen molar-refractivity contribution in [3.8, 4) is 0 Å². The highest BCUT2D eigenvalue weighted by molar-refractivity contribution is 5.77. The van der Waals surface area contributed by atoms with Crippen LogP contribution in [0.4, 0.5) is 4.79 Å². The second-order valence-electron chi connectivity index (χ2n) is 4.94. The number of ether oxygens (including phenoxy) is 1. The van der Waals surface area contributed by atoms with Crippen molar-refractivity contribution in [3.05, 3.63) is 0 Å². The minimum Gasteiger partial charge on any atom is -0.481 e. The summed E-state index contributed by atoms with van der Waals surface area (Å²) in [5.74, 6) is -1.54. The van der Waals surface area contributed by atoms with Crippen molar-refractivity contribution in [3.63, 3.8) is 0 Å². The van der Waals surface area contributed by atoms with E-state index in [4.69, 9.17) is 9.84 Å². The Bertz CT molecular complexity index is 334. The van der Waals surface area contributed by atoms with Crippen molar-refractivity contribution < 1.29 is 19.4 Å². The summed E-state index contributed by atoms with van der Waals surface area (Å²) in [5.41, 5.74) is 0. The molecule has 2 N–H and O–H groups in total. The SMILES string of the molecule is CCC1CCCN1C(=O)NC1COCC1C(=O)O. The van der Waals surface area contributed by atoms with Gasteiger partial charge in [0.2, 0.25) is 0 Å². The molecule has 2 heterocycles. The summed E-state index contributed by atoms with van der Waals surface area (Å²) in [7, 11) is 0. The summed E-state index contributed by atoms with van der Waals surface area (Å²) in [6.07, 6.45) is 3.00. The van der Waals surface area contributed by atoms with Crippen LogP contribution >= 0.6 is 0 Å². The number of rotatable bonds is 3. The molecule has 0 radical (unpaired) electrons. The predicted molar refractivity (Wildman–Crippen MR) is 64.3 cm³/mol. The van der Waals surface area contributed by atoms with Crippen LogP contribution in [0.25, 0.3) is 0 Å². The lowest BCUT2D eigenvalue weighted by Gasteiger charge is -2.26. The number of carbonyl (C=O) groups excluding carboxylic acids is 1. The summed E-state index contributed by atoms with van der Waals surface area (Å²) in [6.45, 7) is 3.29. The van der Waals surface area contributed by atoms with E-state index < -0.39 is 17.9 Å². The fourth-order valence-corrected chi connectivity index (χ4v) is 2.71. The summed E-state index contributed by atoms with van der Waals surface area (Å²) < 4.78 is 5.13. The zero-order valence-electron chi connectivity index (χ0n) is 10.6. The Morgan fingerprint density at radius 2 is 2.22 bits per heavy atom. The maximum atomic E-state index is 12.1. The number of amides is 2. The van der Waals surface area contributed by atoms with Crippen molar-refractivity contribution >= 4 is 12.0 Å². The van der Waals surface area contributed by atoms with Gasteiger partial charge in [-0.3, -0.25) is 4.79 Å². The van der Waals surface area contributed by atoms with Crippen LogP contribution in [0.1, 0.15) is 26.2 Å². The van der Waals surface area contributed by atoms with Gasteiger partial charge in [0.05, 0.1) is 19.3 Å². The number of carboxylic acids is 1. The molecule has 0 spiro atoms. The number of carbonyl (C=O) groups is 2. The Kier molecular flexibility index (Phi) is 4.06. The molecule has 6 heteroatoms. The Morgan fingerprint density at radius 1 is 1.44 bits per heavy atom. The first-order chi connectivity index (χ1) is 8.63. The first-order valence-corrected chi connectivity index (χ1v) is 6.51. The van der Waals surface area contributed by atoms with E-state index in [9.17, 15) is 9.59 Å². The van der Waals surface area contributed by atoms with Crippen LogP contribution in [-0.2, 0) is 9.53 Å². The molecule has 0 aromatic heterocycles. The average molecular weight is 256 g/mol.